The van der Waals surface area contributed by atoms with E-state index >= 15 is 0 Å². The van der Waals surface area contributed by atoms with Crippen LogP contribution >= 0.6 is 0 Å². The molecule has 112 valence electrons. The molecule has 2 aliphatic rings. The average molecular weight is 274 g/mol. The second kappa shape index (κ2) is 9.90. The smallest absolute Gasteiger partial charge is 0.0590 e. The molecule has 0 aromatic carbocycles. The van der Waals surface area contributed by atoms with Crippen LogP contribution in [0.5, 0.6) is 0 Å². The first-order valence-corrected chi connectivity index (χ1v) is 8.75. The van der Waals surface area contributed by atoms with Crippen molar-refractivity contribution in [1.82, 2.24) is 0 Å². The Balaban J connectivity index is 1.90. The molecule has 0 radical (unpaired) electrons. The summed E-state index contributed by atoms with van der Waals surface area (Å²) in [7, 11) is 0. The topological polar surface area (TPSA) is 24.7 Å². The third-order valence-electron chi connectivity index (χ3n) is 4.34. The SMILES string of the molecule is C1=C(/N=N/C2=C/CCCCCCC2)CCCCCCC/1. The van der Waals surface area contributed by atoms with E-state index in [1.165, 1.54) is 88.4 Å². The highest BCUT2D eigenvalue weighted by Crippen LogP contribution is 2.21. The van der Waals surface area contributed by atoms with E-state index < -0.39 is 0 Å². The lowest BCUT2D eigenvalue weighted by molar-refractivity contribution is 0.625. The van der Waals surface area contributed by atoms with Crippen molar-refractivity contribution in [3.8, 4) is 0 Å². The summed E-state index contributed by atoms with van der Waals surface area (Å²) in [5.41, 5.74) is 2.46. The average Bonchev–Trinajstić information content (AvgIpc) is 2.68. The minimum Gasteiger partial charge on any atom is -0.156 e. The first-order valence-electron chi connectivity index (χ1n) is 8.75. The van der Waals surface area contributed by atoms with Gasteiger partial charge in [-0.15, -0.1) is 0 Å². The Kier molecular flexibility index (Phi) is 7.66. The maximum absolute atomic E-state index is 4.57. The lowest BCUT2D eigenvalue weighted by atomic mass is 10.1. The highest BCUT2D eigenvalue weighted by Gasteiger charge is 2.03. The lowest BCUT2D eigenvalue weighted by Crippen LogP contribution is -1.83. The van der Waals surface area contributed by atoms with Crippen LogP contribution in [0.4, 0.5) is 0 Å². The minimum atomic E-state index is 1.12. The van der Waals surface area contributed by atoms with Gasteiger partial charge in [-0.2, -0.15) is 10.2 Å². The number of nitrogens with zero attached hydrogens (tertiary/aromatic N) is 2. The van der Waals surface area contributed by atoms with Gasteiger partial charge in [0, 0.05) is 0 Å². The van der Waals surface area contributed by atoms with Gasteiger partial charge < -0.3 is 0 Å². The maximum atomic E-state index is 4.57. The molecule has 0 spiro atoms. The summed E-state index contributed by atoms with van der Waals surface area (Å²) in [6, 6.07) is 0. The van der Waals surface area contributed by atoms with Gasteiger partial charge in [0.05, 0.1) is 11.4 Å². The molecule has 0 bridgehead atoms. The summed E-state index contributed by atoms with van der Waals surface area (Å²) < 4.78 is 0. The molecule has 2 nitrogen and oxygen atoms in total. The van der Waals surface area contributed by atoms with Gasteiger partial charge in [-0.05, 0) is 51.4 Å². The van der Waals surface area contributed by atoms with E-state index in [1.807, 2.05) is 0 Å². The Hall–Kier alpha value is -0.920. The van der Waals surface area contributed by atoms with Gasteiger partial charge in [0.2, 0.25) is 0 Å². The van der Waals surface area contributed by atoms with Crippen LogP contribution < -0.4 is 0 Å². The molecule has 0 heterocycles. The maximum Gasteiger partial charge on any atom is 0.0590 e. The summed E-state index contributed by atoms with van der Waals surface area (Å²) in [6.45, 7) is 0. The third kappa shape index (κ3) is 6.49. The van der Waals surface area contributed by atoms with Gasteiger partial charge in [-0.25, -0.2) is 0 Å². The molecule has 0 atom stereocenters. The van der Waals surface area contributed by atoms with Crippen LogP contribution in [0.25, 0.3) is 0 Å². The van der Waals surface area contributed by atoms with E-state index in [1.54, 1.807) is 0 Å². The second-order valence-electron chi connectivity index (χ2n) is 6.20. The molecule has 2 aliphatic carbocycles. The number of hydrogen-bond acceptors (Lipinski definition) is 2. The highest BCUT2D eigenvalue weighted by atomic mass is 15.1. The molecule has 0 amide bonds. The predicted octanol–water partition coefficient (Wildman–Crippen LogP) is 6.70. The van der Waals surface area contributed by atoms with E-state index in [4.69, 9.17) is 0 Å². The molecule has 0 fully saturated rings. The van der Waals surface area contributed by atoms with Crippen molar-refractivity contribution in [1.29, 1.82) is 0 Å². The summed E-state index contributed by atoms with van der Waals surface area (Å²) >= 11 is 0. The van der Waals surface area contributed by atoms with Crippen molar-refractivity contribution in [3.63, 3.8) is 0 Å². The van der Waals surface area contributed by atoms with E-state index in [0.717, 1.165) is 12.8 Å². The van der Waals surface area contributed by atoms with Crippen LogP contribution in [0, 0.1) is 0 Å². The van der Waals surface area contributed by atoms with E-state index in [2.05, 4.69) is 22.4 Å². The first kappa shape index (κ1) is 15.5. The molecule has 0 aromatic rings. The van der Waals surface area contributed by atoms with Crippen molar-refractivity contribution in [2.24, 2.45) is 10.2 Å². The number of hydrogen-bond donors (Lipinski definition) is 0. The fourth-order valence-corrected chi connectivity index (χ4v) is 3.01. The number of allylic oxidation sites excluding steroid dienone is 4. The highest BCUT2D eigenvalue weighted by molar-refractivity contribution is 5.04. The fourth-order valence-electron chi connectivity index (χ4n) is 3.01. The fraction of sp³-hybridized carbons (Fsp3) is 0.778. The zero-order valence-electron chi connectivity index (χ0n) is 12.9. The largest absolute Gasteiger partial charge is 0.156 e. The standard InChI is InChI=1S/C18H30N2/c1-2-6-10-14-17(13-9-5-1)19-20-18-15-11-7-3-4-8-12-16-18/h13,15H,1-12,14,16H2/b17-13+,18-15+,20-19+. The summed E-state index contributed by atoms with van der Waals surface area (Å²) in [5, 5.41) is 9.14. The van der Waals surface area contributed by atoms with Crippen molar-refractivity contribution < 1.29 is 0 Å². The van der Waals surface area contributed by atoms with Crippen LogP contribution in [0.15, 0.2) is 33.8 Å². The number of rotatable bonds is 2. The van der Waals surface area contributed by atoms with Crippen LogP contribution in [0.2, 0.25) is 0 Å². The van der Waals surface area contributed by atoms with Crippen molar-refractivity contribution in [2.75, 3.05) is 0 Å². The summed E-state index contributed by atoms with van der Waals surface area (Å²) in [5.74, 6) is 0. The van der Waals surface area contributed by atoms with Gasteiger partial charge in [-0.1, -0.05) is 50.7 Å². The quantitative estimate of drug-likeness (QED) is 0.501. The van der Waals surface area contributed by atoms with E-state index in [9.17, 15) is 0 Å². The van der Waals surface area contributed by atoms with Crippen LogP contribution in [-0.4, -0.2) is 0 Å². The molecule has 0 unspecified atom stereocenters. The molecule has 20 heavy (non-hydrogen) atoms. The van der Waals surface area contributed by atoms with E-state index in [0.29, 0.717) is 0 Å². The van der Waals surface area contributed by atoms with E-state index in [-0.39, 0.29) is 0 Å². The summed E-state index contributed by atoms with van der Waals surface area (Å²) in [4.78, 5) is 0. The Morgan fingerprint density at radius 3 is 1.40 bits per heavy atom. The zero-order chi connectivity index (χ0) is 13.9. The number of azo groups is 1. The molecule has 0 saturated carbocycles. The minimum absolute atomic E-state index is 1.12. The molecular formula is C18H30N2. The molecule has 0 N–H and O–H groups in total. The second-order valence-corrected chi connectivity index (χ2v) is 6.20. The first-order chi connectivity index (χ1) is 9.95. The van der Waals surface area contributed by atoms with Crippen LogP contribution in [0.1, 0.15) is 89.9 Å². The molecular weight excluding hydrogens is 244 g/mol. The normalized spacial score (nSPS) is 28.8. The Labute approximate surface area is 124 Å². The van der Waals surface area contributed by atoms with Crippen molar-refractivity contribution >= 4 is 0 Å². The Morgan fingerprint density at radius 2 is 0.900 bits per heavy atom. The molecule has 0 saturated heterocycles. The molecule has 2 heteroatoms. The van der Waals surface area contributed by atoms with Gasteiger partial charge in [0.25, 0.3) is 0 Å². The predicted molar refractivity (Wildman–Crippen MR) is 85.7 cm³/mol. The van der Waals surface area contributed by atoms with Gasteiger partial charge in [0.15, 0.2) is 0 Å². The molecule has 2 rings (SSSR count). The molecule has 0 aromatic heterocycles. The molecule has 0 aliphatic heterocycles. The third-order valence-corrected chi connectivity index (χ3v) is 4.34. The zero-order valence-corrected chi connectivity index (χ0v) is 12.9. The monoisotopic (exact) mass is 274 g/mol. The van der Waals surface area contributed by atoms with Crippen LogP contribution in [0.3, 0.4) is 0 Å². The van der Waals surface area contributed by atoms with Crippen molar-refractivity contribution in [3.05, 3.63) is 23.5 Å². The van der Waals surface area contributed by atoms with Crippen molar-refractivity contribution in [2.45, 2.75) is 89.9 Å². The van der Waals surface area contributed by atoms with Crippen LogP contribution in [-0.2, 0) is 0 Å². The van der Waals surface area contributed by atoms with Gasteiger partial charge >= 0.3 is 0 Å². The van der Waals surface area contributed by atoms with Gasteiger partial charge in [0.1, 0.15) is 0 Å². The summed E-state index contributed by atoms with van der Waals surface area (Å²) in [6.07, 6.45) is 22.7. The Morgan fingerprint density at radius 1 is 0.500 bits per heavy atom. The lowest BCUT2D eigenvalue weighted by Gasteiger charge is -2.02. The van der Waals surface area contributed by atoms with Gasteiger partial charge in [-0.3, -0.25) is 0 Å². The Bertz CT molecular complexity index is 318.